The number of hydrogen-bond donors (Lipinski definition) is 2. The number of benzene rings is 1. The van der Waals surface area contributed by atoms with Crippen molar-refractivity contribution < 1.29 is 9.59 Å². The average Bonchev–Trinajstić information content (AvgIpc) is 3.33. The zero-order valence-electron chi connectivity index (χ0n) is 18.1. The molecule has 1 unspecified atom stereocenters. The molecule has 0 radical (unpaired) electrons. The smallest absolute Gasteiger partial charge is 0.239 e. The molecular formula is C22H34N6O2. The van der Waals surface area contributed by atoms with Gasteiger partial charge in [0.2, 0.25) is 11.8 Å². The van der Waals surface area contributed by atoms with Gasteiger partial charge < -0.3 is 20.4 Å². The van der Waals surface area contributed by atoms with Crippen LogP contribution in [0, 0.1) is 0 Å². The summed E-state index contributed by atoms with van der Waals surface area (Å²) in [5.74, 6) is 0.907. The van der Waals surface area contributed by atoms with Gasteiger partial charge in [-0.3, -0.25) is 19.5 Å². The van der Waals surface area contributed by atoms with E-state index in [0.29, 0.717) is 6.54 Å². The van der Waals surface area contributed by atoms with E-state index in [2.05, 4.69) is 25.4 Å². The molecule has 2 fully saturated rings. The summed E-state index contributed by atoms with van der Waals surface area (Å²) in [6, 6.07) is 9.77. The molecule has 0 spiro atoms. The number of nitrogens with one attached hydrogen (secondary N) is 2. The summed E-state index contributed by atoms with van der Waals surface area (Å²) in [4.78, 5) is 35.5. The van der Waals surface area contributed by atoms with Crippen molar-refractivity contribution in [1.29, 1.82) is 0 Å². The standard InChI is InChI=1S/C22H34N6O2/c1-18(21(30)27-10-6-7-11-27)26-12-14-28(15-13-26)22(23-2)25-17-20(29)24-16-19-8-4-3-5-9-19/h3-5,8-9,18H,6-7,10-17H2,1-2H3,(H,23,25)(H,24,29). The number of amides is 2. The van der Waals surface area contributed by atoms with Crippen LogP contribution in [0.3, 0.4) is 0 Å². The van der Waals surface area contributed by atoms with E-state index in [1.165, 1.54) is 0 Å². The molecule has 8 nitrogen and oxygen atoms in total. The van der Waals surface area contributed by atoms with E-state index < -0.39 is 0 Å². The number of aliphatic imine (C=N–C) groups is 1. The molecule has 2 aliphatic rings. The van der Waals surface area contributed by atoms with E-state index >= 15 is 0 Å². The molecule has 164 valence electrons. The quantitative estimate of drug-likeness (QED) is 0.524. The third kappa shape index (κ3) is 5.95. The van der Waals surface area contributed by atoms with Crippen LogP contribution < -0.4 is 10.6 Å². The van der Waals surface area contributed by atoms with Gasteiger partial charge in [0.05, 0.1) is 12.6 Å². The molecule has 0 bridgehead atoms. The summed E-state index contributed by atoms with van der Waals surface area (Å²) in [5, 5.41) is 6.07. The lowest BCUT2D eigenvalue weighted by atomic mass is 10.2. The molecular weight excluding hydrogens is 380 g/mol. The van der Waals surface area contributed by atoms with Crippen LogP contribution in [0.2, 0.25) is 0 Å². The summed E-state index contributed by atoms with van der Waals surface area (Å²) in [5.41, 5.74) is 1.07. The Kier molecular flexibility index (Phi) is 8.07. The van der Waals surface area contributed by atoms with Gasteiger partial charge in [0.25, 0.3) is 0 Å². The van der Waals surface area contributed by atoms with Crippen molar-refractivity contribution in [3.63, 3.8) is 0 Å². The van der Waals surface area contributed by atoms with Crippen molar-refractivity contribution in [2.75, 3.05) is 52.9 Å². The Labute approximate surface area is 179 Å². The van der Waals surface area contributed by atoms with Crippen molar-refractivity contribution in [3.05, 3.63) is 35.9 Å². The molecule has 1 aromatic rings. The summed E-state index contributed by atoms with van der Waals surface area (Å²) >= 11 is 0. The fourth-order valence-electron chi connectivity index (χ4n) is 4.03. The number of guanidine groups is 1. The molecule has 2 aliphatic heterocycles. The molecule has 2 saturated heterocycles. The second-order valence-electron chi connectivity index (χ2n) is 7.89. The number of rotatable bonds is 6. The molecule has 3 rings (SSSR count). The molecule has 1 atom stereocenters. The minimum absolute atomic E-state index is 0.0662. The average molecular weight is 415 g/mol. The highest BCUT2D eigenvalue weighted by atomic mass is 16.2. The lowest BCUT2D eigenvalue weighted by Crippen LogP contribution is -2.57. The van der Waals surface area contributed by atoms with E-state index in [1.807, 2.05) is 42.2 Å². The van der Waals surface area contributed by atoms with E-state index in [1.54, 1.807) is 7.05 Å². The third-order valence-corrected chi connectivity index (χ3v) is 5.89. The number of carbonyl (C=O) groups is 2. The Hall–Kier alpha value is -2.61. The Morgan fingerprint density at radius 2 is 1.63 bits per heavy atom. The monoisotopic (exact) mass is 414 g/mol. The first-order valence-corrected chi connectivity index (χ1v) is 10.9. The molecule has 30 heavy (non-hydrogen) atoms. The lowest BCUT2D eigenvalue weighted by Gasteiger charge is -2.39. The van der Waals surface area contributed by atoms with Gasteiger partial charge in [0.1, 0.15) is 0 Å². The van der Waals surface area contributed by atoms with E-state index in [-0.39, 0.29) is 24.4 Å². The lowest BCUT2D eigenvalue weighted by molar-refractivity contribution is -0.135. The van der Waals surface area contributed by atoms with Gasteiger partial charge in [0, 0.05) is 52.9 Å². The van der Waals surface area contributed by atoms with E-state index in [0.717, 1.165) is 63.6 Å². The van der Waals surface area contributed by atoms with Crippen LogP contribution in [-0.2, 0) is 16.1 Å². The number of nitrogens with zero attached hydrogens (tertiary/aromatic N) is 4. The maximum absolute atomic E-state index is 12.6. The highest BCUT2D eigenvalue weighted by molar-refractivity contribution is 5.86. The Balaban J connectivity index is 1.40. The minimum atomic E-state index is -0.0796. The number of likely N-dealkylation sites (tertiary alicyclic amines) is 1. The van der Waals surface area contributed by atoms with Crippen molar-refractivity contribution >= 4 is 17.8 Å². The second-order valence-corrected chi connectivity index (χ2v) is 7.89. The summed E-state index contributed by atoms with van der Waals surface area (Å²) in [6.45, 7) is 7.68. The van der Waals surface area contributed by atoms with E-state index in [9.17, 15) is 9.59 Å². The van der Waals surface area contributed by atoms with Gasteiger partial charge >= 0.3 is 0 Å². The van der Waals surface area contributed by atoms with Crippen LogP contribution >= 0.6 is 0 Å². The Morgan fingerprint density at radius 3 is 2.27 bits per heavy atom. The zero-order valence-corrected chi connectivity index (χ0v) is 18.1. The first kappa shape index (κ1) is 22.1. The zero-order chi connectivity index (χ0) is 21.3. The molecule has 0 saturated carbocycles. The fraction of sp³-hybridized carbons (Fsp3) is 0.591. The van der Waals surface area contributed by atoms with Gasteiger partial charge in [-0.25, -0.2) is 0 Å². The molecule has 2 amide bonds. The molecule has 2 N–H and O–H groups in total. The van der Waals surface area contributed by atoms with E-state index in [4.69, 9.17) is 0 Å². The van der Waals surface area contributed by atoms with Crippen LogP contribution in [0.4, 0.5) is 0 Å². The first-order chi connectivity index (χ1) is 14.6. The minimum Gasteiger partial charge on any atom is -0.350 e. The van der Waals surface area contributed by atoms with Crippen LogP contribution in [0.15, 0.2) is 35.3 Å². The molecule has 1 aromatic carbocycles. The Morgan fingerprint density at radius 1 is 0.967 bits per heavy atom. The van der Waals surface area contributed by atoms with Gasteiger partial charge in [-0.05, 0) is 25.3 Å². The molecule has 8 heteroatoms. The highest BCUT2D eigenvalue weighted by Crippen LogP contribution is 2.14. The fourth-order valence-corrected chi connectivity index (χ4v) is 4.03. The first-order valence-electron chi connectivity index (χ1n) is 10.9. The van der Waals surface area contributed by atoms with Gasteiger partial charge in [-0.15, -0.1) is 0 Å². The SMILES string of the molecule is CN=C(NCC(=O)NCc1ccccc1)N1CCN(C(C)C(=O)N2CCCC2)CC1. The Bertz CT molecular complexity index is 724. The highest BCUT2D eigenvalue weighted by Gasteiger charge is 2.30. The van der Waals surface area contributed by atoms with Crippen LogP contribution in [0.1, 0.15) is 25.3 Å². The normalized spacial score (nSPS) is 18.9. The van der Waals surface area contributed by atoms with Crippen LogP contribution in [-0.4, -0.2) is 91.4 Å². The maximum atomic E-state index is 12.6. The number of hydrogen-bond acceptors (Lipinski definition) is 4. The largest absolute Gasteiger partial charge is 0.350 e. The predicted octanol–water partition coefficient (Wildman–Crippen LogP) is 0.507. The third-order valence-electron chi connectivity index (χ3n) is 5.89. The number of carbonyl (C=O) groups excluding carboxylic acids is 2. The summed E-state index contributed by atoms with van der Waals surface area (Å²) in [7, 11) is 1.73. The van der Waals surface area contributed by atoms with Crippen molar-refractivity contribution in [3.8, 4) is 0 Å². The molecule has 0 aromatic heterocycles. The van der Waals surface area contributed by atoms with Gasteiger partial charge in [0.15, 0.2) is 5.96 Å². The van der Waals surface area contributed by atoms with Crippen LogP contribution in [0.25, 0.3) is 0 Å². The van der Waals surface area contributed by atoms with Crippen LogP contribution in [0.5, 0.6) is 0 Å². The van der Waals surface area contributed by atoms with Gasteiger partial charge in [-0.2, -0.15) is 0 Å². The van der Waals surface area contributed by atoms with Crippen molar-refractivity contribution in [2.24, 2.45) is 4.99 Å². The topological polar surface area (TPSA) is 80.3 Å². The predicted molar refractivity (Wildman–Crippen MR) is 118 cm³/mol. The summed E-state index contributed by atoms with van der Waals surface area (Å²) < 4.78 is 0. The van der Waals surface area contributed by atoms with Crippen molar-refractivity contribution in [1.82, 2.24) is 25.3 Å². The maximum Gasteiger partial charge on any atom is 0.239 e. The molecule has 2 heterocycles. The second kappa shape index (κ2) is 11.0. The van der Waals surface area contributed by atoms with Gasteiger partial charge in [-0.1, -0.05) is 30.3 Å². The molecule has 0 aliphatic carbocycles. The van der Waals surface area contributed by atoms with Crippen molar-refractivity contribution in [2.45, 2.75) is 32.4 Å². The summed E-state index contributed by atoms with van der Waals surface area (Å²) in [6.07, 6.45) is 2.24. The number of piperazine rings is 1.